The quantitative estimate of drug-likeness (QED) is 0.398. The molecule has 0 heterocycles. The van der Waals surface area contributed by atoms with Gasteiger partial charge in [-0.05, 0) is 0 Å². The summed E-state index contributed by atoms with van der Waals surface area (Å²) >= 11 is 0. The van der Waals surface area contributed by atoms with Gasteiger partial charge < -0.3 is 9.22 Å². The van der Waals surface area contributed by atoms with Crippen molar-refractivity contribution in [2.45, 2.75) is 12.3 Å². The SMILES string of the molecule is C=CC(O)[SiH2]O[SiH2]C. The molecule has 4 heteroatoms. The molecule has 0 saturated heterocycles. The highest BCUT2D eigenvalue weighted by molar-refractivity contribution is 6.43. The molecule has 1 unspecified atom stereocenters. The van der Waals surface area contributed by atoms with E-state index in [0.717, 1.165) is 0 Å². The largest absolute Gasteiger partial charge is 0.463 e. The van der Waals surface area contributed by atoms with E-state index in [1.807, 2.05) is 0 Å². The monoisotopic (exact) mass is 148 g/mol. The average molecular weight is 148 g/mol. The molecule has 0 rings (SSSR count). The third-order valence-corrected chi connectivity index (χ3v) is 4.02. The van der Waals surface area contributed by atoms with Crippen LogP contribution in [-0.4, -0.2) is 30.4 Å². The maximum atomic E-state index is 8.83. The number of rotatable bonds is 4. The van der Waals surface area contributed by atoms with Crippen LogP contribution in [-0.2, 0) is 4.12 Å². The summed E-state index contributed by atoms with van der Waals surface area (Å²) in [6, 6.07) is 0. The molecule has 0 aliphatic heterocycles. The molecule has 0 saturated carbocycles. The van der Waals surface area contributed by atoms with Gasteiger partial charge in [-0.3, -0.25) is 0 Å². The number of hydrogen-bond acceptors (Lipinski definition) is 2. The second-order valence-electron chi connectivity index (χ2n) is 1.46. The topological polar surface area (TPSA) is 29.5 Å². The molecule has 0 fully saturated rings. The molecule has 1 N–H and O–H groups in total. The summed E-state index contributed by atoms with van der Waals surface area (Å²) < 4.78 is 5.14. The van der Waals surface area contributed by atoms with E-state index in [1.165, 1.54) is 6.08 Å². The van der Waals surface area contributed by atoms with Gasteiger partial charge in [0.2, 0.25) is 0 Å². The van der Waals surface area contributed by atoms with Gasteiger partial charge in [0, 0.05) is 0 Å². The molecule has 1 atom stereocenters. The fourth-order valence-corrected chi connectivity index (χ4v) is 2.35. The average Bonchev–Trinajstić information content (AvgIpc) is 1.83. The number of hydrogen-bond donors (Lipinski definition) is 1. The van der Waals surface area contributed by atoms with Crippen molar-refractivity contribution >= 4 is 19.5 Å². The summed E-state index contributed by atoms with van der Waals surface area (Å²) in [5.41, 5.74) is -0.331. The first kappa shape index (κ1) is 8.09. The van der Waals surface area contributed by atoms with Crippen molar-refractivity contribution in [1.82, 2.24) is 0 Å². The van der Waals surface area contributed by atoms with E-state index in [-0.39, 0.29) is 15.5 Å². The van der Waals surface area contributed by atoms with E-state index in [9.17, 15) is 0 Å². The maximum Gasteiger partial charge on any atom is 0.180 e. The smallest absolute Gasteiger partial charge is 0.180 e. The summed E-state index contributed by atoms with van der Waals surface area (Å²) in [5.74, 6) is 0. The van der Waals surface area contributed by atoms with Crippen LogP contribution in [0.1, 0.15) is 0 Å². The fourth-order valence-electron chi connectivity index (χ4n) is 0.307. The summed E-state index contributed by atoms with van der Waals surface area (Å²) in [4.78, 5) is 0. The van der Waals surface area contributed by atoms with Gasteiger partial charge in [0.15, 0.2) is 9.76 Å². The van der Waals surface area contributed by atoms with Crippen LogP contribution in [0.4, 0.5) is 0 Å². The van der Waals surface area contributed by atoms with Gasteiger partial charge in [0.25, 0.3) is 0 Å². The van der Waals surface area contributed by atoms with Crippen LogP contribution in [0.15, 0.2) is 12.7 Å². The van der Waals surface area contributed by atoms with Crippen LogP contribution in [0.3, 0.4) is 0 Å². The van der Waals surface area contributed by atoms with E-state index in [4.69, 9.17) is 9.22 Å². The molecule has 0 aromatic heterocycles. The van der Waals surface area contributed by atoms with Crippen molar-refractivity contribution in [2.24, 2.45) is 0 Å². The number of aliphatic hydroxyl groups is 1. The lowest BCUT2D eigenvalue weighted by Crippen LogP contribution is -2.16. The predicted molar refractivity (Wildman–Crippen MR) is 40.2 cm³/mol. The van der Waals surface area contributed by atoms with E-state index < -0.39 is 9.76 Å². The molecule has 0 amide bonds. The van der Waals surface area contributed by atoms with Gasteiger partial charge in [-0.1, -0.05) is 12.6 Å². The van der Waals surface area contributed by atoms with Gasteiger partial charge in [-0.2, -0.15) is 0 Å². The Morgan fingerprint density at radius 3 is 2.88 bits per heavy atom. The first-order valence-electron chi connectivity index (χ1n) is 2.69. The van der Waals surface area contributed by atoms with Crippen LogP contribution in [0.25, 0.3) is 0 Å². The molecule has 0 aromatic rings. The second kappa shape index (κ2) is 5.23. The highest BCUT2D eigenvalue weighted by atomic mass is 28.3. The highest BCUT2D eigenvalue weighted by Gasteiger charge is 1.95. The third-order valence-electron chi connectivity index (χ3n) is 0.765. The second-order valence-corrected chi connectivity index (χ2v) is 4.84. The first-order valence-corrected chi connectivity index (χ1v) is 6.08. The van der Waals surface area contributed by atoms with E-state index in [1.54, 1.807) is 0 Å². The summed E-state index contributed by atoms with van der Waals surface area (Å²) in [5, 5.41) is 8.83. The lowest BCUT2D eigenvalue weighted by molar-refractivity contribution is 0.286. The van der Waals surface area contributed by atoms with Gasteiger partial charge in [0.05, 0.1) is 5.73 Å². The van der Waals surface area contributed by atoms with Gasteiger partial charge in [-0.25, -0.2) is 0 Å². The van der Waals surface area contributed by atoms with Crippen LogP contribution in [0.5, 0.6) is 0 Å². The van der Waals surface area contributed by atoms with Crippen LogP contribution in [0, 0.1) is 0 Å². The molecule has 48 valence electrons. The minimum atomic E-state index is -0.665. The van der Waals surface area contributed by atoms with E-state index >= 15 is 0 Å². The number of aliphatic hydroxyl groups excluding tert-OH is 1. The molecule has 0 bridgehead atoms. The van der Waals surface area contributed by atoms with Gasteiger partial charge in [-0.15, -0.1) is 6.58 Å². The lowest BCUT2D eigenvalue weighted by Gasteiger charge is -2.01. The molecule has 0 radical (unpaired) electrons. The minimum absolute atomic E-state index is 0.284. The molecule has 0 spiro atoms. The Hall–Kier alpha value is 0.0938. The zero-order valence-electron chi connectivity index (χ0n) is 5.13. The third kappa shape index (κ3) is 4.26. The standard InChI is InChI=1S/C4H12O2Si2/c1-3-4(5)8-6-7-2/h3-5H,1,7-8H2,2H3. The zero-order chi connectivity index (χ0) is 6.41. The highest BCUT2D eigenvalue weighted by Crippen LogP contribution is 1.79. The van der Waals surface area contributed by atoms with E-state index in [0.29, 0.717) is 0 Å². The Morgan fingerprint density at radius 2 is 2.50 bits per heavy atom. The molecular formula is C4H12O2Si2. The van der Waals surface area contributed by atoms with Crippen molar-refractivity contribution in [3.63, 3.8) is 0 Å². The summed E-state index contributed by atoms with van der Waals surface area (Å²) in [7, 11) is -0.949. The Kier molecular flexibility index (Phi) is 5.30. The maximum absolute atomic E-state index is 8.83. The van der Waals surface area contributed by atoms with Crippen molar-refractivity contribution in [1.29, 1.82) is 0 Å². The van der Waals surface area contributed by atoms with Crippen molar-refractivity contribution in [2.75, 3.05) is 0 Å². The molecule has 2 nitrogen and oxygen atoms in total. The van der Waals surface area contributed by atoms with Crippen LogP contribution < -0.4 is 0 Å². The minimum Gasteiger partial charge on any atom is -0.463 e. The first-order chi connectivity index (χ1) is 3.81. The Morgan fingerprint density at radius 1 is 1.88 bits per heavy atom. The van der Waals surface area contributed by atoms with Crippen molar-refractivity contribution < 1.29 is 9.22 Å². The van der Waals surface area contributed by atoms with Crippen LogP contribution in [0.2, 0.25) is 6.55 Å². The van der Waals surface area contributed by atoms with Gasteiger partial charge >= 0.3 is 0 Å². The Balaban J connectivity index is 2.98. The van der Waals surface area contributed by atoms with Crippen LogP contribution >= 0.6 is 0 Å². The molecule has 0 aliphatic rings. The van der Waals surface area contributed by atoms with Crippen molar-refractivity contribution in [3.05, 3.63) is 12.7 Å². The fraction of sp³-hybridized carbons (Fsp3) is 0.500. The van der Waals surface area contributed by atoms with E-state index in [2.05, 4.69) is 13.1 Å². The van der Waals surface area contributed by atoms with Crippen molar-refractivity contribution in [3.8, 4) is 0 Å². The Labute approximate surface area is 54.4 Å². The summed E-state index contributed by atoms with van der Waals surface area (Å²) in [6.07, 6.45) is 1.54. The van der Waals surface area contributed by atoms with Gasteiger partial charge in [0.1, 0.15) is 9.76 Å². The normalized spacial score (nSPS) is 16.2. The predicted octanol–water partition coefficient (Wildman–Crippen LogP) is -1.28. The molecule has 0 aromatic carbocycles. The lowest BCUT2D eigenvalue weighted by atomic mass is 10.7. The molecular weight excluding hydrogens is 136 g/mol. The Bertz CT molecular complexity index is 67.1. The summed E-state index contributed by atoms with van der Waals surface area (Å²) in [6.45, 7) is 5.49. The molecule has 8 heavy (non-hydrogen) atoms. The zero-order valence-corrected chi connectivity index (χ0v) is 7.96. The molecule has 0 aliphatic carbocycles.